The van der Waals surface area contributed by atoms with Crippen molar-refractivity contribution in [3.8, 4) is 0 Å². The molecule has 0 aromatic carbocycles. The van der Waals surface area contributed by atoms with E-state index < -0.39 is 4.70 Å². The van der Waals surface area contributed by atoms with E-state index in [1.807, 2.05) is 6.92 Å². The predicted molar refractivity (Wildman–Crippen MR) is 42.1 cm³/mol. The van der Waals surface area contributed by atoms with Crippen LogP contribution in [-0.2, 0) is 14.2 Å². The molecule has 4 heteroatoms. The summed E-state index contributed by atoms with van der Waals surface area (Å²) < 4.78 is 14.2. The second-order valence-corrected chi connectivity index (χ2v) is 2.97. The Hall–Kier alpha value is 0.360. The van der Waals surface area contributed by atoms with Crippen molar-refractivity contribution in [3.05, 3.63) is 0 Å². The Bertz CT molecular complexity index is 93.0. The lowest BCUT2D eigenvalue weighted by molar-refractivity contribution is -0.190. The molecule has 0 radical (unpaired) electrons. The maximum absolute atomic E-state index is 5.01. The largest absolute Gasteiger partial charge is 0.375 e. The number of rotatable bonds is 4. The molecule has 0 N–H and O–H groups in total. The minimum atomic E-state index is -0.818. The van der Waals surface area contributed by atoms with Crippen LogP contribution in [0.5, 0.6) is 0 Å². The number of methoxy groups -OCH3 is 3. The second-order valence-electron chi connectivity index (χ2n) is 1.87. The molecule has 1 atom stereocenters. The van der Waals surface area contributed by atoms with Crippen LogP contribution in [0.2, 0.25) is 0 Å². The average Bonchev–Trinajstić information content (AvgIpc) is 2.01. The van der Waals surface area contributed by atoms with Gasteiger partial charge in [-0.3, -0.25) is 0 Å². The van der Waals surface area contributed by atoms with Gasteiger partial charge in [0.15, 0.2) is 0 Å². The summed E-state index contributed by atoms with van der Waals surface area (Å²) in [4.78, 5) is 0. The zero-order valence-electron chi connectivity index (χ0n) is 6.68. The quantitative estimate of drug-likeness (QED) is 0.521. The van der Waals surface area contributed by atoms with Crippen LogP contribution in [0.3, 0.4) is 0 Å². The molecule has 0 saturated carbocycles. The van der Waals surface area contributed by atoms with Gasteiger partial charge in [-0.05, 0) is 22.9 Å². The first-order chi connectivity index (χ1) is 4.60. The van der Waals surface area contributed by atoms with E-state index in [0.717, 1.165) is 0 Å². The minimum Gasteiger partial charge on any atom is -0.375 e. The lowest BCUT2D eigenvalue weighted by Gasteiger charge is -2.29. The summed E-state index contributed by atoms with van der Waals surface area (Å²) in [6, 6.07) is 0. The van der Waals surface area contributed by atoms with E-state index in [9.17, 15) is 0 Å². The molecule has 0 saturated heterocycles. The van der Waals surface area contributed by atoms with Gasteiger partial charge in [-0.1, -0.05) is 0 Å². The van der Waals surface area contributed by atoms with Crippen LogP contribution in [0.4, 0.5) is 0 Å². The molecule has 0 aliphatic heterocycles. The number of hydrogen-bond donors (Lipinski definition) is 0. The van der Waals surface area contributed by atoms with E-state index in [4.69, 9.17) is 14.2 Å². The minimum absolute atomic E-state index is 0.150. The van der Waals surface area contributed by atoms with Crippen LogP contribution in [-0.4, -0.2) is 32.1 Å². The van der Waals surface area contributed by atoms with Crippen molar-refractivity contribution in [2.45, 2.75) is 17.7 Å². The van der Waals surface area contributed by atoms with E-state index in [1.54, 1.807) is 21.3 Å². The zero-order valence-corrected chi connectivity index (χ0v) is 8.27. The third-order valence-corrected chi connectivity index (χ3v) is 2.69. The highest BCUT2D eigenvalue weighted by Gasteiger charge is 2.33. The van der Waals surface area contributed by atoms with Crippen LogP contribution < -0.4 is 0 Å². The highest BCUT2D eigenvalue weighted by Crippen LogP contribution is 2.25. The van der Waals surface area contributed by atoms with Gasteiger partial charge >= 0.3 is 0 Å². The van der Waals surface area contributed by atoms with Crippen molar-refractivity contribution in [2.24, 2.45) is 0 Å². The fourth-order valence-corrected chi connectivity index (χ4v) is 0.743. The molecular formula is C6H13BrO3. The molecule has 10 heavy (non-hydrogen) atoms. The molecule has 3 nitrogen and oxygen atoms in total. The molecule has 0 aromatic rings. The highest BCUT2D eigenvalue weighted by molar-refractivity contribution is 9.10. The zero-order chi connectivity index (χ0) is 8.20. The van der Waals surface area contributed by atoms with Gasteiger partial charge in [0.1, 0.15) is 6.10 Å². The van der Waals surface area contributed by atoms with Crippen molar-refractivity contribution in [1.82, 2.24) is 0 Å². The Labute approximate surface area is 69.8 Å². The number of ether oxygens (including phenoxy) is 3. The molecule has 62 valence electrons. The van der Waals surface area contributed by atoms with Crippen LogP contribution in [0, 0.1) is 0 Å². The predicted octanol–water partition coefficient (Wildman–Crippen LogP) is 1.36. The summed E-state index contributed by atoms with van der Waals surface area (Å²) >= 11 is 3.24. The summed E-state index contributed by atoms with van der Waals surface area (Å²) in [7, 11) is 4.69. The number of halogens is 1. The van der Waals surface area contributed by atoms with E-state index in [1.165, 1.54) is 0 Å². The highest BCUT2D eigenvalue weighted by atomic mass is 79.9. The fourth-order valence-electron chi connectivity index (χ4n) is 0.556. The number of hydrogen-bond acceptors (Lipinski definition) is 3. The molecule has 0 rings (SSSR count). The van der Waals surface area contributed by atoms with E-state index in [0.29, 0.717) is 0 Å². The van der Waals surface area contributed by atoms with Crippen LogP contribution in [0.1, 0.15) is 6.92 Å². The van der Waals surface area contributed by atoms with Crippen LogP contribution >= 0.6 is 15.9 Å². The first-order valence-corrected chi connectivity index (χ1v) is 3.72. The summed E-state index contributed by atoms with van der Waals surface area (Å²) in [6.45, 7) is 1.85. The van der Waals surface area contributed by atoms with Crippen molar-refractivity contribution in [1.29, 1.82) is 0 Å². The molecule has 0 aliphatic carbocycles. The summed E-state index contributed by atoms with van der Waals surface area (Å²) in [6.07, 6.45) is -0.150. The second kappa shape index (κ2) is 4.28. The van der Waals surface area contributed by atoms with Gasteiger partial charge in [0.05, 0.1) is 0 Å². The Balaban J connectivity index is 4.02. The topological polar surface area (TPSA) is 27.7 Å². The molecule has 0 amide bonds. The van der Waals surface area contributed by atoms with Crippen molar-refractivity contribution < 1.29 is 14.2 Å². The lowest BCUT2D eigenvalue weighted by atomic mass is 10.4. The van der Waals surface area contributed by atoms with Gasteiger partial charge in [0.25, 0.3) is 4.70 Å². The Morgan fingerprint density at radius 2 is 1.60 bits per heavy atom. The van der Waals surface area contributed by atoms with E-state index >= 15 is 0 Å². The molecule has 1 unspecified atom stereocenters. The average molecular weight is 213 g/mol. The Morgan fingerprint density at radius 1 is 1.20 bits per heavy atom. The SMILES string of the molecule is COC(C)C(Br)(OC)OC. The van der Waals surface area contributed by atoms with Crippen molar-refractivity contribution in [2.75, 3.05) is 21.3 Å². The molecule has 0 spiro atoms. The van der Waals surface area contributed by atoms with Gasteiger partial charge in [-0.25, -0.2) is 0 Å². The van der Waals surface area contributed by atoms with Gasteiger partial charge in [0.2, 0.25) is 0 Å². The van der Waals surface area contributed by atoms with Crippen LogP contribution in [0.15, 0.2) is 0 Å². The van der Waals surface area contributed by atoms with E-state index in [2.05, 4.69) is 15.9 Å². The molecular weight excluding hydrogens is 200 g/mol. The molecule has 0 heterocycles. The normalized spacial score (nSPS) is 15.3. The van der Waals surface area contributed by atoms with Crippen molar-refractivity contribution >= 4 is 15.9 Å². The summed E-state index contributed by atoms with van der Waals surface area (Å²) in [5, 5.41) is 0. The third kappa shape index (κ3) is 2.20. The first kappa shape index (κ1) is 10.4. The Kier molecular flexibility index (Phi) is 4.44. The fraction of sp³-hybridized carbons (Fsp3) is 1.00. The molecule has 0 bridgehead atoms. The molecule has 0 aliphatic rings. The molecule has 0 fully saturated rings. The van der Waals surface area contributed by atoms with Gasteiger partial charge in [-0.15, -0.1) is 0 Å². The van der Waals surface area contributed by atoms with E-state index in [-0.39, 0.29) is 6.10 Å². The molecule has 0 aromatic heterocycles. The van der Waals surface area contributed by atoms with Gasteiger partial charge < -0.3 is 14.2 Å². The van der Waals surface area contributed by atoms with Gasteiger partial charge in [-0.2, -0.15) is 0 Å². The van der Waals surface area contributed by atoms with Crippen molar-refractivity contribution in [3.63, 3.8) is 0 Å². The lowest BCUT2D eigenvalue weighted by Crippen LogP contribution is -2.39. The standard InChI is InChI=1S/C6H13BrO3/c1-5(8-2)6(7,9-3)10-4/h5H,1-4H3. The first-order valence-electron chi connectivity index (χ1n) is 2.92. The number of alkyl halides is 1. The summed E-state index contributed by atoms with van der Waals surface area (Å²) in [5.74, 6) is 0. The monoisotopic (exact) mass is 212 g/mol. The maximum atomic E-state index is 5.01. The summed E-state index contributed by atoms with van der Waals surface area (Å²) in [5.41, 5.74) is 0. The van der Waals surface area contributed by atoms with Crippen LogP contribution in [0.25, 0.3) is 0 Å². The Morgan fingerprint density at radius 3 is 1.70 bits per heavy atom. The smallest absolute Gasteiger partial charge is 0.252 e. The third-order valence-electron chi connectivity index (χ3n) is 1.40. The van der Waals surface area contributed by atoms with Gasteiger partial charge in [0, 0.05) is 21.3 Å². The maximum Gasteiger partial charge on any atom is 0.252 e.